The van der Waals surface area contributed by atoms with E-state index in [1.807, 2.05) is 42.5 Å². The van der Waals surface area contributed by atoms with Gasteiger partial charge in [0.1, 0.15) is 5.75 Å². The summed E-state index contributed by atoms with van der Waals surface area (Å²) in [5.41, 5.74) is 0.846. The summed E-state index contributed by atoms with van der Waals surface area (Å²) in [6, 6.07) is 7.35. The zero-order valence-corrected chi connectivity index (χ0v) is 13.9. The lowest BCUT2D eigenvalue weighted by molar-refractivity contribution is 0.474. The maximum Gasteiger partial charge on any atom is 0.122 e. The molecule has 1 N–H and O–H groups in total. The Hall–Kier alpha value is -1.76. The van der Waals surface area contributed by atoms with Gasteiger partial charge >= 0.3 is 0 Å². The van der Waals surface area contributed by atoms with Crippen molar-refractivity contribution in [3.8, 4) is 5.75 Å². The van der Waals surface area contributed by atoms with E-state index in [-0.39, 0.29) is 0 Å². The topological polar surface area (TPSA) is 20.2 Å². The molecule has 1 rings (SSSR count). The van der Waals surface area contributed by atoms with Crippen molar-refractivity contribution in [3.63, 3.8) is 0 Å². The van der Waals surface area contributed by atoms with Crippen molar-refractivity contribution in [1.82, 2.24) is 0 Å². The van der Waals surface area contributed by atoms with E-state index in [1.54, 1.807) is 6.07 Å². The molecule has 0 aliphatic carbocycles. The normalized spacial score (nSPS) is 12.0. The number of para-hydroxylation sites is 1. The van der Waals surface area contributed by atoms with Crippen LogP contribution in [0.5, 0.6) is 5.75 Å². The SMILES string of the molecule is CCCCCCCCCC=CC=CC=Cc1ccccc1O. The Morgan fingerprint density at radius 3 is 2.27 bits per heavy atom. The van der Waals surface area contributed by atoms with Gasteiger partial charge in [-0.3, -0.25) is 0 Å². The Balaban J connectivity index is 2.07. The van der Waals surface area contributed by atoms with Gasteiger partial charge < -0.3 is 5.11 Å². The minimum absolute atomic E-state index is 0.321. The number of hydrogen-bond donors (Lipinski definition) is 1. The van der Waals surface area contributed by atoms with Crippen LogP contribution in [0.2, 0.25) is 0 Å². The first-order valence-electron chi connectivity index (χ1n) is 8.62. The molecule has 0 aliphatic heterocycles. The van der Waals surface area contributed by atoms with Gasteiger partial charge in [-0.25, -0.2) is 0 Å². The third-order valence-corrected chi connectivity index (χ3v) is 3.66. The van der Waals surface area contributed by atoms with Crippen molar-refractivity contribution >= 4 is 6.08 Å². The van der Waals surface area contributed by atoms with Gasteiger partial charge in [-0.1, -0.05) is 100 Å². The zero-order chi connectivity index (χ0) is 15.9. The number of unbranched alkanes of at least 4 members (excludes halogenated alkanes) is 7. The van der Waals surface area contributed by atoms with E-state index in [4.69, 9.17) is 0 Å². The van der Waals surface area contributed by atoms with E-state index in [1.165, 1.54) is 51.4 Å². The number of hydrogen-bond acceptors (Lipinski definition) is 1. The van der Waals surface area contributed by atoms with Crippen LogP contribution in [-0.4, -0.2) is 5.11 Å². The van der Waals surface area contributed by atoms with Crippen LogP contribution in [0.25, 0.3) is 6.08 Å². The largest absolute Gasteiger partial charge is 0.507 e. The van der Waals surface area contributed by atoms with Crippen molar-refractivity contribution in [2.45, 2.75) is 58.3 Å². The molecule has 1 heteroatoms. The van der Waals surface area contributed by atoms with Crippen LogP contribution in [0.1, 0.15) is 63.9 Å². The quantitative estimate of drug-likeness (QED) is 0.358. The molecule has 0 spiro atoms. The molecule has 0 saturated heterocycles. The molecule has 0 aliphatic rings. The highest BCUT2D eigenvalue weighted by atomic mass is 16.3. The van der Waals surface area contributed by atoms with Crippen molar-refractivity contribution in [3.05, 3.63) is 60.2 Å². The van der Waals surface area contributed by atoms with Gasteiger partial charge in [0.15, 0.2) is 0 Å². The second-order valence-electron chi connectivity index (χ2n) is 5.64. The summed E-state index contributed by atoms with van der Waals surface area (Å²) >= 11 is 0. The van der Waals surface area contributed by atoms with E-state index in [2.05, 4.69) is 19.1 Å². The van der Waals surface area contributed by atoms with Gasteiger partial charge in [0.25, 0.3) is 0 Å². The van der Waals surface area contributed by atoms with Gasteiger partial charge in [-0.15, -0.1) is 0 Å². The van der Waals surface area contributed by atoms with E-state index < -0.39 is 0 Å². The molecular formula is C21H30O. The second kappa shape index (κ2) is 12.9. The Morgan fingerprint density at radius 2 is 1.50 bits per heavy atom. The van der Waals surface area contributed by atoms with Crippen LogP contribution in [-0.2, 0) is 0 Å². The molecule has 0 heterocycles. The fourth-order valence-corrected chi connectivity index (χ4v) is 2.31. The van der Waals surface area contributed by atoms with Gasteiger partial charge in [-0.05, 0) is 18.9 Å². The minimum Gasteiger partial charge on any atom is -0.507 e. The lowest BCUT2D eigenvalue weighted by Crippen LogP contribution is -1.78. The summed E-state index contributed by atoms with van der Waals surface area (Å²) in [7, 11) is 0. The van der Waals surface area contributed by atoms with E-state index in [0.29, 0.717) is 5.75 Å². The molecule has 0 fully saturated rings. The molecule has 0 amide bonds. The zero-order valence-electron chi connectivity index (χ0n) is 13.9. The standard InChI is InChI=1S/C21H30O/c1-2-3-4-5-6-7-8-9-10-11-12-13-14-17-20-18-15-16-19-21(20)22/h10-19,22H,2-9H2,1H3. The molecule has 1 aromatic carbocycles. The van der Waals surface area contributed by atoms with Crippen molar-refractivity contribution in [2.24, 2.45) is 0 Å². The number of phenols is 1. The fraction of sp³-hybridized carbons (Fsp3) is 0.429. The molecule has 0 bridgehead atoms. The summed E-state index contributed by atoms with van der Waals surface area (Å²) in [6.45, 7) is 2.26. The second-order valence-corrected chi connectivity index (χ2v) is 5.64. The smallest absolute Gasteiger partial charge is 0.122 e. The first-order chi connectivity index (χ1) is 10.8. The van der Waals surface area contributed by atoms with E-state index >= 15 is 0 Å². The average Bonchev–Trinajstić information content (AvgIpc) is 2.53. The summed E-state index contributed by atoms with van der Waals surface area (Å²) < 4.78 is 0. The predicted molar refractivity (Wildman–Crippen MR) is 98.0 cm³/mol. The Bertz CT molecular complexity index is 469. The lowest BCUT2D eigenvalue weighted by atomic mass is 10.1. The van der Waals surface area contributed by atoms with Crippen LogP contribution in [0.4, 0.5) is 0 Å². The van der Waals surface area contributed by atoms with E-state index in [9.17, 15) is 5.11 Å². The molecule has 1 nitrogen and oxygen atoms in total. The third-order valence-electron chi connectivity index (χ3n) is 3.66. The van der Waals surface area contributed by atoms with Crippen LogP contribution < -0.4 is 0 Å². The summed E-state index contributed by atoms with van der Waals surface area (Å²) in [5, 5.41) is 9.61. The van der Waals surface area contributed by atoms with Gasteiger partial charge in [-0.2, -0.15) is 0 Å². The number of rotatable bonds is 11. The highest BCUT2D eigenvalue weighted by molar-refractivity contribution is 5.57. The highest BCUT2D eigenvalue weighted by Gasteiger charge is 1.91. The number of allylic oxidation sites excluding steroid dienone is 5. The van der Waals surface area contributed by atoms with E-state index in [0.717, 1.165) is 5.56 Å². The number of benzene rings is 1. The molecule has 0 saturated carbocycles. The fourth-order valence-electron chi connectivity index (χ4n) is 2.31. The van der Waals surface area contributed by atoms with Gasteiger partial charge in [0.05, 0.1) is 0 Å². The summed E-state index contributed by atoms with van der Waals surface area (Å²) in [4.78, 5) is 0. The van der Waals surface area contributed by atoms with Crippen LogP contribution in [0, 0.1) is 0 Å². The first-order valence-corrected chi connectivity index (χ1v) is 8.62. The molecular weight excluding hydrogens is 268 g/mol. The average molecular weight is 298 g/mol. The van der Waals surface area contributed by atoms with Crippen molar-refractivity contribution in [1.29, 1.82) is 0 Å². The molecule has 0 radical (unpaired) electrons. The minimum atomic E-state index is 0.321. The third kappa shape index (κ3) is 9.23. The maximum absolute atomic E-state index is 9.61. The highest BCUT2D eigenvalue weighted by Crippen LogP contribution is 2.16. The van der Waals surface area contributed by atoms with Crippen LogP contribution in [0.15, 0.2) is 54.6 Å². The predicted octanol–water partition coefficient (Wildman–Crippen LogP) is 6.66. The summed E-state index contributed by atoms with van der Waals surface area (Å²) in [5.74, 6) is 0.321. The molecule has 0 atom stereocenters. The molecule has 0 aromatic heterocycles. The Kier molecular flexibility index (Phi) is 10.8. The number of aromatic hydroxyl groups is 1. The first kappa shape index (κ1) is 18.3. The summed E-state index contributed by atoms with van der Waals surface area (Å²) in [6.07, 6.45) is 22.9. The molecule has 0 unspecified atom stereocenters. The number of phenolic OH excluding ortho intramolecular Hbond substituents is 1. The van der Waals surface area contributed by atoms with Gasteiger partial charge in [0.2, 0.25) is 0 Å². The van der Waals surface area contributed by atoms with Gasteiger partial charge in [0, 0.05) is 5.56 Å². The Labute approximate surface area is 136 Å². The molecule has 22 heavy (non-hydrogen) atoms. The maximum atomic E-state index is 9.61. The van der Waals surface area contributed by atoms with Crippen LogP contribution >= 0.6 is 0 Å². The van der Waals surface area contributed by atoms with Crippen LogP contribution in [0.3, 0.4) is 0 Å². The lowest BCUT2D eigenvalue weighted by Gasteiger charge is -1.98. The molecule has 1 aromatic rings. The van der Waals surface area contributed by atoms with Crippen molar-refractivity contribution < 1.29 is 5.11 Å². The monoisotopic (exact) mass is 298 g/mol. The molecule has 120 valence electrons. The Morgan fingerprint density at radius 1 is 0.818 bits per heavy atom. The van der Waals surface area contributed by atoms with Crippen molar-refractivity contribution in [2.75, 3.05) is 0 Å².